The number of rotatable bonds is 1. The first kappa shape index (κ1) is 10.9. The van der Waals surface area contributed by atoms with E-state index in [2.05, 4.69) is 0 Å². The van der Waals surface area contributed by atoms with Gasteiger partial charge in [-0.05, 0) is 36.0 Å². The van der Waals surface area contributed by atoms with Crippen molar-refractivity contribution in [2.45, 2.75) is 4.90 Å². The van der Waals surface area contributed by atoms with E-state index in [4.69, 9.17) is 11.0 Å². The van der Waals surface area contributed by atoms with Crippen molar-refractivity contribution in [3.05, 3.63) is 24.3 Å². The Morgan fingerprint density at radius 1 is 1.27 bits per heavy atom. The van der Waals surface area contributed by atoms with Crippen LogP contribution in [0.15, 0.2) is 29.2 Å². The summed E-state index contributed by atoms with van der Waals surface area (Å²) in [6, 6.07) is 7.20. The predicted molar refractivity (Wildman–Crippen MR) is 49.5 cm³/mol. The number of nitrogen functional groups attached to an aromatic ring is 1. The number of thioether (sulfide) groups is 1. The van der Waals surface area contributed by atoms with E-state index in [1.807, 2.05) is 17.5 Å². The van der Waals surface area contributed by atoms with Crippen LogP contribution in [0.5, 0.6) is 0 Å². The Bertz CT molecular complexity index is 252. The zero-order valence-corrected chi connectivity index (χ0v) is 6.06. The second kappa shape index (κ2) is 5.50. The van der Waals surface area contributed by atoms with Gasteiger partial charge in [0, 0.05) is 10.6 Å². The molecule has 0 fully saturated rings. The van der Waals surface area contributed by atoms with Gasteiger partial charge in [-0.3, -0.25) is 0 Å². The third kappa shape index (κ3) is 3.68. The van der Waals surface area contributed by atoms with E-state index in [-0.39, 0.29) is 29.6 Å². The van der Waals surface area contributed by atoms with Crippen LogP contribution in [0.1, 0.15) is 0 Å². The van der Waals surface area contributed by atoms with Crippen LogP contribution in [0.2, 0.25) is 0 Å². The number of benzene rings is 1. The molecule has 1 rings (SSSR count). The van der Waals surface area contributed by atoms with Gasteiger partial charge in [0.2, 0.25) is 0 Å². The zero-order chi connectivity index (χ0) is 7.40. The van der Waals surface area contributed by atoms with Crippen LogP contribution in [-0.4, -0.2) is 29.6 Å². The Hall–Kier alpha value is -0.140. The van der Waals surface area contributed by atoms with Gasteiger partial charge in [-0.25, -0.2) is 0 Å². The molecule has 0 aliphatic carbocycles. The van der Waals surface area contributed by atoms with Crippen LogP contribution in [0.3, 0.4) is 0 Å². The van der Waals surface area contributed by atoms with Gasteiger partial charge in [0.05, 0.1) is 0 Å². The fourth-order valence-electron chi connectivity index (χ4n) is 0.589. The molecule has 0 spiro atoms. The molecule has 0 amide bonds. The maximum absolute atomic E-state index is 8.27. The van der Waals surface area contributed by atoms with E-state index in [0.29, 0.717) is 0 Å². The molecule has 2 N–H and O–H groups in total. The van der Waals surface area contributed by atoms with Gasteiger partial charge < -0.3 is 5.73 Å². The first-order chi connectivity index (χ1) is 4.83. The molecule has 0 radical (unpaired) electrons. The summed E-state index contributed by atoms with van der Waals surface area (Å²) in [5.41, 5.74) is 6.16. The number of hydrogen-bond acceptors (Lipinski definition) is 3. The summed E-state index contributed by atoms with van der Waals surface area (Å²) >= 11 is 1.13. The summed E-state index contributed by atoms with van der Waals surface area (Å²) in [5.74, 6) is 0. The molecule has 0 bridgehead atoms. The van der Waals surface area contributed by atoms with Crippen LogP contribution in [0.25, 0.3) is 0 Å². The fourth-order valence-corrected chi connectivity index (χ4v) is 0.966. The van der Waals surface area contributed by atoms with Crippen molar-refractivity contribution in [1.82, 2.24) is 0 Å². The van der Waals surface area contributed by atoms with E-state index in [1.54, 1.807) is 12.1 Å². The van der Waals surface area contributed by atoms with Crippen LogP contribution in [0.4, 0.5) is 5.69 Å². The van der Waals surface area contributed by atoms with E-state index in [9.17, 15) is 0 Å². The summed E-state index contributed by atoms with van der Waals surface area (Å²) in [5, 5.41) is 10.2. The molecule has 11 heavy (non-hydrogen) atoms. The number of anilines is 1. The molecule has 2 nitrogen and oxygen atoms in total. The van der Waals surface area contributed by atoms with Crippen molar-refractivity contribution in [2.24, 2.45) is 0 Å². The van der Waals surface area contributed by atoms with E-state index >= 15 is 0 Å². The molecule has 4 heteroatoms. The van der Waals surface area contributed by atoms with Gasteiger partial charge in [0.25, 0.3) is 0 Å². The van der Waals surface area contributed by atoms with Crippen LogP contribution < -0.4 is 5.73 Å². The van der Waals surface area contributed by atoms with Crippen molar-refractivity contribution in [1.29, 1.82) is 5.26 Å². The summed E-state index contributed by atoms with van der Waals surface area (Å²) in [6.45, 7) is 0. The second-order valence-corrected chi connectivity index (χ2v) is 2.62. The molecule has 0 atom stereocenters. The zero-order valence-electron chi connectivity index (χ0n) is 5.24. The van der Waals surface area contributed by atoms with Gasteiger partial charge in [-0.1, -0.05) is 0 Å². The molecule has 0 aromatic heterocycles. The minimum atomic E-state index is 0. The van der Waals surface area contributed by atoms with Crippen LogP contribution >= 0.6 is 11.8 Å². The summed E-state index contributed by atoms with van der Waals surface area (Å²) in [7, 11) is 0. The summed E-state index contributed by atoms with van der Waals surface area (Å²) in [4.78, 5) is 0.928. The standard InChI is InChI=1S/C7H6N2S.Na.H/c8-5-10-7-3-1-6(9)2-4-7;;/h1-4H,9H2;;. The minimum absolute atomic E-state index is 0. The molecule has 0 saturated heterocycles. The Balaban J connectivity index is 0.000001000. The number of nitriles is 1. The van der Waals surface area contributed by atoms with Crippen molar-refractivity contribution >= 4 is 47.0 Å². The van der Waals surface area contributed by atoms with Gasteiger partial charge in [0.15, 0.2) is 0 Å². The van der Waals surface area contributed by atoms with Crippen molar-refractivity contribution in [2.75, 3.05) is 5.73 Å². The molecular weight excluding hydrogens is 167 g/mol. The molecule has 0 unspecified atom stereocenters. The average Bonchev–Trinajstić information content (AvgIpc) is 1.95. The van der Waals surface area contributed by atoms with E-state index < -0.39 is 0 Å². The molecule has 52 valence electrons. The Labute approximate surface area is 92.1 Å². The van der Waals surface area contributed by atoms with Gasteiger partial charge >= 0.3 is 29.6 Å². The predicted octanol–water partition coefficient (Wildman–Crippen LogP) is 1.19. The molecule has 0 aliphatic heterocycles. The molecule has 1 aromatic carbocycles. The third-order valence-electron chi connectivity index (χ3n) is 1.04. The first-order valence-corrected chi connectivity index (χ1v) is 3.56. The number of nitrogens with two attached hydrogens (primary N) is 1. The topological polar surface area (TPSA) is 49.8 Å². The molecule has 0 saturated carbocycles. The SMILES string of the molecule is N#CSc1ccc(N)cc1.[NaH]. The Morgan fingerprint density at radius 2 is 1.82 bits per heavy atom. The van der Waals surface area contributed by atoms with E-state index in [0.717, 1.165) is 22.3 Å². The van der Waals surface area contributed by atoms with E-state index in [1.165, 1.54) is 0 Å². The van der Waals surface area contributed by atoms with Crippen molar-refractivity contribution < 1.29 is 0 Å². The number of thiocyanates is 1. The first-order valence-electron chi connectivity index (χ1n) is 2.74. The van der Waals surface area contributed by atoms with Crippen LogP contribution in [0, 0.1) is 10.7 Å². The average molecular weight is 174 g/mol. The van der Waals surface area contributed by atoms with Gasteiger partial charge in [-0.2, -0.15) is 5.26 Å². The Morgan fingerprint density at radius 3 is 2.27 bits per heavy atom. The third-order valence-corrected chi connectivity index (χ3v) is 1.64. The van der Waals surface area contributed by atoms with Crippen LogP contribution in [-0.2, 0) is 0 Å². The summed E-state index contributed by atoms with van der Waals surface area (Å²) in [6.07, 6.45) is 0. The Kier molecular flexibility index (Phi) is 5.43. The second-order valence-electron chi connectivity index (χ2n) is 1.76. The maximum atomic E-state index is 8.27. The van der Waals surface area contributed by atoms with Crippen molar-refractivity contribution in [3.63, 3.8) is 0 Å². The normalized spacial score (nSPS) is 7.91. The summed E-state index contributed by atoms with van der Waals surface area (Å²) < 4.78 is 0. The quantitative estimate of drug-likeness (QED) is 0.301. The molecule has 0 aliphatic rings. The monoisotopic (exact) mass is 174 g/mol. The van der Waals surface area contributed by atoms with Gasteiger partial charge in [0.1, 0.15) is 5.40 Å². The van der Waals surface area contributed by atoms with Gasteiger partial charge in [-0.15, -0.1) is 0 Å². The molecular formula is C7H7N2NaS. The number of nitrogens with zero attached hydrogens (tertiary/aromatic N) is 1. The molecule has 0 heterocycles. The number of hydrogen-bond donors (Lipinski definition) is 1. The molecule has 1 aromatic rings. The van der Waals surface area contributed by atoms with Crippen molar-refractivity contribution in [3.8, 4) is 5.40 Å². The fraction of sp³-hybridized carbons (Fsp3) is 0.